The smallest absolute Gasteiger partial charge is 0.256 e. The van der Waals surface area contributed by atoms with Crippen molar-refractivity contribution in [3.05, 3.63) is 101 Å². The van der Waals surface area contributed by atoms with Crippen LogP contribution in [0, 0.1) is 11.6 Å². The summed E-state index contributed by atoms with van der Waals surface area (Å²) in [5, 5.41) is -0.598. The van der Waals surface area contributed by atoms with Gasteiger partial charge in [0.1, 0.15) is 6.04 Å². The number of rotatable bonds is 7. The second kappa shape index (κ2) is 11.5. The lowest BCUT2D eigenvalue weighted by molar-refractivity contribution is -0.138. The standard InChI is InChI=1S/C32H33F2N3O4S/c33-26-17-23-13-7-8-16-36(28(23)19-27(26)34)24-18-29(31(38)35-42(40,41)25-14-15-25)37(20-24)32(39)30(21-9-3-1-4-10-21)22-11-5-2-6-12-22/h1-6,9-12,17,19,24-25,29-30H,7-8,13-16,18,20H2,(H,35,38). The lowest BCUT2D eigenvalue weighted by Gasteiger charge is -2.32. The van der Waals surface area contributed by atoms with Crippen LogP contribution in [0.5, 0.6) is 0 Å². The van der Waals surface area contributed by atoms with Crippen LogP contribution in [-0.4, -0.2) is 55.6 Å². The highest BCUT2D eigenvalue weighted by Crippen LogP contribution is 2.37. The molecule has 1 saturated carbocycles. The molecule has 3 aromatic rings. The van der Waals surface area contributed by atoms with Gasteiger partial charge in [-0.2, -0.15) is 0 Å². The number of likely N-dealkylation sites (tertiary alicyclic amines) is 1. The van der Waals surface area contributed by atoms with Crippen molar-refractivity contribution in [3.63, 3.8) is 0 Å². The van der Waals surface area contributed by atoms with Gasteiger partial charge in [0.2, 0.25) is 15.9 Å². The first-order valence-electron chi connectivity index (χ1n) is 14.4. The summed E-state index contributed by atoms with van der Waals surface area (Å²) in [5.74, 6) is -3.64. The summed E-state index contributed by atoms with van der Waals surface area (Å²) in [6, 6.07) is 19.5. The Morgan fingerprint density at radius 1 is 0.881 bits per heavy atom. The van der Waals surface area contributed by atoms with E-state index in [1.807, 2.05) is 65.6 Å². The van der Waals surface area contributed by atoms with Gasteiger partial charge in [-0.25, -0.2) is 17.2 Å². The number of amides is 2. The number of halogens is 2. The van der Waals surface area contributed by atoms with Crippen LogP contribution >= 0.6 is 0 Å². The Morgan fingerprint density at radius 3 is 2.12 bits per heavy atom. The summed E-state index contributed by atoms with van der Waals surface area (Å²) in [4.78, 5) is 31.6. The van der Waals surface area contributed by atoms with Crippen LogP contribution in [0.2, 0.25) is 0 Å². The minimum absolute atomic E-state index is 0.134. The molecule has 0 aromatic heterocycles. The fourth-order valence-electron chi connectivity index (χ4n) is 6.28. The van der Waals surface area contributed by atoms with Gasteiger partial charge < -0.3 is 9.80 Å². The fourth-order valence-corrected chi connectivity index (χ4v) is 7.62. The number of benzene rings is 3. The maximum absolute atomic E-state index is 14.5. The highest BCUT2D eigenvalue weighted by atomic mass is 32.2. The third-order valence-corrected chi connectivity index (χ3v) is 10.4. The first kappa shape index (κ1) is 28.3. The van der Waals surface area contributed by atoms with E-state index >= 15 is 0 Å². The molecular weight excluding hydrogens is 560 g/mol. The van der Waals surface area contributed by atoms with Crippen molar-refractivity contribution in [2.45, 2.75) is 61.8 Å². The normalized spacial score (nSPS) is 20.7. The minimum Gasteiger partial charge on any atom is -0.366 e. The van der Waals surface area contributed by atoms with Crippen LogP contribution < -0.4 is 9.62 Å². The first-order chi connectivity index (χ1) is 20.2. The summed E-state index contributed by atoms with van der Waals surface area (Å²) >= 11 is 0. The van der Waals surface area contributed by atoms with Crippen LogP contribution in [-0.2, 0) is 26.0 Å². The SMILES string of the molecule is O=C(NS(=O)(=O)C1CC1)C1CC(N2CCCCc3cc(F)c(F)cc32)CN1C(=O)C(c1ccccc1)c1ccccc1. The molecule has 220 valence electrons. The van der Waals surface area contributed by atoms with Crippen molar-refractivity contribution in [1.29, 1.82) is 0 Å². The van der Waals surface area contributed by atoms with Crippen LogP contribution in [0.1, 0.15) is 54.7 Å². The third-order valence-electron chi connectivity index (χ3n) is 8.55. The van der Waals surface area contributed by atoms with E-state index in [4.69, 9.17) is 0 Å². The third kappa shape index (κ3) is 5.64. The molecule has 0 radical (unpaired) electrons. The van der Waals surface area contributed by atoms with Crippen molar-refractivity contribution in [3.8, 4) is 0 Å². The van der Waals surface area contributed by atoms with Gasteiger partial charge >= 0.3 is 0 Å². The van der Waals surface area contributed by atoms with E-state index in [1.54, 1.807) is 0 Å². The van der Waals surface area contributed by atoms with Crippen LogP contribution in [0.4, 0.5) is 14.5 Å². The average Bonchev–Trinajstić information content (AvgIpc) is 3.78. The Labute approximate surface area is 244 Å². The van der Waals surface area contributed by atoms with Crippen molar-refractivity contribution in [1.82, 2.24) is 9.62 Å². The second-order valence-electron chi connectivity index (χ2n) is 11.4. The maximum atomic E-state index is 14.5. The van der Waals surface area contributed by atoms with Crippen LogP contribution in [0.25, 0.3) is 0 Å². The van der Waals surface area contributed by atoms with Crippen molar-refractivity contribution in [2.75, 3.05) is 18.0 Å². The van der Waals surface area contributed by atoms with E-state index in [0.717, 1.165) is 24.0 Å². The molecule has 1 aliphatic carbocycles. The predicted octanol–water partition coefficient (Wildman–Crippen LogP) is 4.52. The number of hydrogen-bond acceptors (Lipinski definition) is 5. The molecule has 0 spiro atoms. The van der Waals surface area contributed by atoms with E-state index < -0.39 is 50.8 Å². The minimum atomic E-state index is -3.85. The molecule has 2 amide bonds. The van der Waals surface area contributed by atoms with Gasteiger partial charge in [-0.3, -0.25) is 14.3 Å². The Balaban J connectivity index is 1.38. The largest absolute Gasteiger partial charge is 0.366 e. The Hall–Kier alpha value is -3.79. The number of carbonyl (C=O) groups excluding carboxylic acids is 2. The predicted molar refractivity (Wildman–Crippen MR) is 155 cm³/mol. The van der Waals surface area contributed by atoms with E-state index in [1.165, 1.54) is 17.0 Å². The van der Waals surface area contributed by atoms with Gasteiger partial charge in [-0.1, -0.05) is 60.7 Å². The topological polar surface area (TPSA) is 86.8 Å². The summed E-state index contributed by atoms with van der Waals surface area (Å²) in [7, 11) is -3.85. The van der Waals surface area contributed by atoms with Gasteiger partial charge in [-0.05, 0) is 61.3 Å². The van der Waals surface area contributed by atoms with Crippen molar-refractivity contribution >= 4 is 27.5 Å². The number of nitrogens with zero attached hydrogens (tertiary/aromatic N) is 2. The molecule has 6 rings (SSSR count). The molecule has 1 N–H and O–H groups in total. The molecule has 3 aliphatic rings. The lowest BCUT2D eigenvalue weighted by atomic mass is 9.90. The molecule has 3 aromatic carbocycles. The Bertz CT molecular complexity index is 1540. The molecular formula is C32H33F2N3O4S. The average molecular weight is 594 g/mol. The quantitative estimate of drug-likeness (QED) is 0.436. The molecule has 2 atom stereocenters. The molecule has 2 aliphatic heterocycles. The first-order valence-corrected chi connectivity index (χ1v) is 16.0. The van der Waals surface area contributed by atoms with E-state index in [0.29, 0.717) is 37.1 Å². The molecule has 1 saturated heterocycles. The number of nitrogens with one attached hydrogen (secondary N) is 1. The molecule has 2 heterocycles. The van der Waals surface area contributed by atoms with Gasteiger partial charge in [0.15, 0.2) is 11.6 Å². The number of fused-ring (bicyclic) bond motifs is 1. The molecule has 2 fully saturated rings. The number of hydrogen-bond donors (Lipinski definition) is 1. The highest BCUT2D eigenvalue weighted by molar-refractivity contribution is 7.90. The molecule has 7 nitrogen and oxygen atoms in total. The maximum Gasteiger partial charge on any atom is 0.256 e. The molecule has 42 heavy (non-hydrogen) atoms. The van der Waals surface area contributed by atoms with E-state index in [2.05, 4.69) is 4.72 Å². The molecule has 10 heteroatoms. The summed E-state index contributed by atoms with van der Waals surface area (Å²) < 4.78 is 56.4. The van der Waals surface area contributed by atoms with Gasteiger partial charge in [0.05, 0.1) is 11.2 Å². The van der Waals surface area contributed by atoms with Crippen LogP contribution in [0.3, 0.4) is 0 Å². The van der Waals surface area contributed by atoms with E-state index in [-0.39, 0.29) is 18.9 Å². The summed E-state index contributed by atoms with van der Waals surface area (Å²) in [5.41, 5.74) is 2.73. The zero-order valence-corrected chi connectivity index (χ0v) is 23.9. The number of aryl methyl sites for hydroxylation is 1. The van der Waals surface area contributed by atoms with Crippen molar-refractivity contribution < 1.29 is 26.8 Å². The summed E-state index contributed by atoms with van der Waals surface area (Å²) in [6.07, 6.45) is 3.30. The number of carbonyl (C=O) groups is 2. The summed E-state index contributed by atoms with van der Waals surface area (Å²) in [6.45, 7) is 0.676. The highest BCUT2D eigenvalue weighted by Gasteiger charge is 2.47. The second-order valence-corrected chi connectivity index (χ2v) is 13.4. The zero-order chi connectivity index (χ0) is 29.4. The Morgan fingerprint density at radius 2 is 1.50 bits per heavy atom. The monoisotopic (exact) mass is 593 g/mol. The Kier molecular flexibility index (Phi) is 7.74. The van der Waals surface area contributed by atoms with E-state index in [9.17, 15) is 26.8 Å². The van der Waals surface area contributed by atoms with Crippen molar-refractivity contribution in [2.24, 2.45) is 0 Å². The molecule has 2 unspecified atom stereocenters. The van der Waals surface area contributed by atoms with Gasteiger partial charge in [0.25, 0.3) is 5.91 Å². The molecule has 0 bridgehead atoms. The number of sulfonamides is 1. The zero-order valence-electron chi connectivity index (χ0n) is 23.1. The number of anilines is 1. The fraction of sp³-hybridized carbons (Fsp3) is 0.375. The lowest BCUT2D eigenvalue weighted by Crippen LogP contribution is -2.49. The van der Waals surface area contributed by atoms with Gasteiger partial charge in [-0.15, -0.1) is 0 Å². The van der Waals surface area contributed by atoms with Gasteiger partial charge in [0, 0.05) is 30.9 Å². The van der Waals surface area contributed by atoms with Crippen LogP contribution in [0.15, 0.2) is 72.8 Å².